The van der Waals surface area contributed by atoms with E-state index in [1.807, 2.05) is 44.2 Å². The topological polar surface area (TPSA) is 69.7 Å². The predicted molar refractivity (Wildman–Crippen MR) is 120 cm³/mol. The zero-order valence-electron chi connectivity index (χ0n) is 18.2. The van der Waals surface area contributed by atoms with Gasteiger partial charge in [0.2, 0.25) is 0 Å². The average Bonchev–Trinajstić information content (AvgIpc) is 3.29. The molecule has 0 radical (unpaired) electrons. The van der Waals surface area contributed by atoms with E-state index in [4.69, 9.17) is 0 Å². The highest BCUT2D eigenvalue weighted by molar-refractivity contribution is 6.35. The van der Waals surface area contributed by atoms with Crippen molar-refractivity contribution in [3.8, 4) is 0 Å². The number of nitrogens with one attached hydrogen (secondary N) is 1. The summed E-state index contributed by atoms with van der Waals surface area (Å²) >= 11 is 0. The van der Waals surface area contributed by atoms with Crippen LogP contribution in [0.15, 0.2) is 42.5 Å². The van der Waals surface area contributed by atoms with Crippen molar-refractivity contribution in [1.29, 1.82) is 0 Å². The summed E-state index contributed by atoms with van der Waals surface area (Å²) in [6.45, 7) is 5.58. The summed E-state index contributed by atoms with van der Waals surface area (Å²) in [6, 6.07) is 13.3. The maximum absolute atomic E-state index is 12.6. The minimum atomic E-state index is -0.422. The molecule has 0 spiro atoms. The van der Waals surface area contributed by atoms with Gasteiger partial charge in [-0.15, -0.1) is 0 Å². The normalized spacial score (nSPS) is 17.4. The van der Waals surface area contributed by atoms with Crippen LogP contribution >= 0.6 is 0 Å². The van der Waals surface area contributed by atoms with E-state index in [0.29, 0.717) is 25.2 Å². The van der Waals surface area contributed by atoms with Gasteiger partial charge in [0.05, 0.1) is 0 Å². The Bertz CT molecular complexity index is 994. The fraction of sp³-hybridized carbons (Fsp3) is 0.400. The molecule has 2 fully saturated rings. The first kappa shape index (κ1) is 21.1. The minimum absolute atomic E-state index is 0.175. The molecular weight excluding hydrogens is 390 g/mol. The van der Waals surface area contributed by atoms with Crippen molar-refractivity contribution < 1.29 is 14.4 Å². The summed E-state index contributed by atoms with van der Waals surface area (Å²) in [5.41, 5.74) is 4.52. The summed E-state index contributed by atoms with van der Waals surface area (Å²) < 4.78 is 0. The molecule has 1 aliphatic heterocycles. The van der Waals surface area contributed by atoms with Gasteiger partial charge in [0.15, 0.2) is 0 Å². The van der Waals surface area contributed by atoms with Crippen LogP contribution in [0.1, 0.15) is 52.7 Å². The maximum atomic E-state index is 12.6. The van der Waals surface area contributed by atoms with E-state index in [9.17, 15) is 14.4 Å². The van der Waals surface area contributed by atoms with Gasteiger partial charge in [-0.2, -0.15) is 0 Å². The highest BCUT2D eigenvalue weighted by Crippen LogP contribution is 2.25. The fourth-order valence-corrected chi connectivity index (χ4v) is 4.41. The van der Waals surface area contributed by atoms with E-state index in [0.717, 1.165) is 42.5 Å². The molecule has 1 aliphatic carbocycles. The zero-order chi connectivity index (χ0) is 22.0. The quantitative estimate of drug-likeness (QED) is 0.752. The summed E-state index contributed by atoms with van der Waals surface area (Å²) in [7, 11) is 0. The highest BCUT2D eigenvalue weighted by atomic mass is 16.2. The number of piperazine rings is 1. The first-order chi connectivity index (χ1) is 14.9. The number of carbonyl (C=O) groups is 3. The van der Waals surface area contributed by atoms with Gasteiger partial charge in [-0.05, 0) is 67.6 Å². The molecule has 0 atom stereocenters. The summed E-state index contributed by atoms with van der Waals surface area (Å²) in [5, 5.41) is 2.92. The van der Waals surface area contributed by atoms with E-state index in [-0.39, 0.29) is 17.9 Å². The second-order valence-electron chi connectivity index (χ2n) is 8.61. The Morgan fingerprint density at radius 2 is 1.65 bits per heavy atom. The lowest BCUT2D eigenvalue weighted by Gasteiger charge is -2.37. The van der Waals surface area contributed by atoms with Crippen molar-refractivity contribution in [2.75, 3.05) is 18.4 Å². The molecule has 0 aromatic heterocycles. The standard InChI is InChI=1S/C25H29N3O3/c1-17-7-12-21(15-18(17)2)26-23(29)20-10-8-19(9-11-20)16-27-13-14-28(25(31)24(27)30)22-5-3-4-6-22/h7-12,15,22H,3-6,13-14,16H2,1-2H3,(H,26,29). The Morgan fingerprint density at radius 3 is 2.32 bits per heavy atom. The molecular formula is C25H29N3O3. The number of carbonyl (C=O) groups excluding carboxylic acids is 3. The fourth-order valence-electron chi connectivity index (χ4n) is 4.41. The predicted octanol–water partition coefficient (Wildman–Crippen LogP) is 3.67. The monoisotopic (exact) mass is 419 g/mol. The summed E-state index contributed by atoms with van der Waals surface area (Å²) in [6.07, 6.45) is 4.28. The molecule has 3 amide bonds. The molecule has 0 unspecified atom stereocenters. The van der Waals surface area contributed by atoms with Gasteiger partial charge >= 0.3 is 11.8 Å². The Balaban J connectivity index is 1.36. The van der Waals surface area contributed by atoms with Gasteiger partial charge in [0.1, 0.15) is 0 Å². The van der Waals surface area contributed by atoms with Crippen LogP contribution in [0.25, 0.3) is 0 Å². The molecule has 31 heavy (non-hydrogen) atoms. The largest absolute Gasteiger partial charge is 0.330 e. The Morgan fingerprint density at radius 1 is 0.935 bits per heavy atom. The zero-order valence-corrected chi connectivity index (χ0v) is 18.2. The highest BCUT2D eigenvalue weighted by Gasteiger charge is 2.37. The van der Waals surface area contributed by atoms with Crippen LogP contribution < -0.4 is 5.32 Å². The first-order valence-electron chi connectivity index (χ1n) is 11.0. The Kier molecular flexibility index (Phi) is 6.07. The number of anilines is 1. The Labute approximate surface area is 183 Å². The lowest BCUT2D eigenvalue weighted by molar-refractivity contribution is -0.158. The second kappa shape index (κ2) is 8.92. The molecule has 6 heteroatoms. The third-order valence-electron chi connectivity index (χ3n) is 6.46. The van der Waals surface area contributed by atoms with Gasteiger partial charge in [0.25, 0.3) is 5.91 Å². The van der Waals surface area contributed by atoms with Gasteiger partial charge in [-0.1, -0.05) is 31.0 Å². The molecule has 2 aliphatic rings. The van der Waals surface area contributed by atoms with Crippen LogP contribution in [0.4, 0.5) is 5.69 Å². The van der Waals surface area contributed by atoms with Crippen molar-refractivity contribution in [3.63, 3.8) is 0 Å². The molecule has 162 valence electrons. The van der Waals surface area contributed by atoms with Crippen LogP contribution in [0.5, 0.6) is 0 Å². The van der Waals surface area contributed by atoms with Crippen molar-refractivity contribution in [3.05, 3.63) is 64.7 Å². The van der Waals surface area contributed by atoms with E-state index in [2.05, 4.69) is 5.32 Å². The molecule has 2 aromatic rings. The maximum Gasteiger partial charge on any atom is 0.312 e. The van der Waals surface area contributed by atoms with Crippen molar-refractivity contribution in [1.82, 2.24) is 9.80 Å². The van der Waals surface area contributed by atoms with Crippen LogP contribution in [0.3, 0.4) is 0 Å². The summed E-state index contributed by atoms with van der Waals surface area (Å²) in [4.78, 5) is 41.1. The van der Waals surface area contributed by atoms with Crippen molar-refractivity contribution in [2.24, 2.45) is 0 Å². The molecule has 2 aromatic carbocycles. The number of hydrogen-bond acceptors (Lipinski definition) is 3. The molecule has 1 saturated heterocycles. The number of amides is 3. The van der Waals surface area contributed by atoms with Gasteiger partial charge < -0.3 is 15.1 Å². The summed E-state index contributed by atoms with van der Waals surface area (Å²) in [5.74, 6) is -0.969. The number of benzene rings is 2. The van der Waals surface area contributed by atoms with Crippen molar-refractivity contribution >= 4 is 23.4 Å². The van der Waals surface area contributed by atoms with Crippen molar-refractivity contribution in [2.45, 2.75) is 52.1 Å². The molecule has 1 saturated carbocycles. The lowest BCUT2D eigenvalue weighted by atomic mass is 10.1. The third-order valence-corrected chi connectivity index (χ3v) is 6.46. The number of nitrogens with zero attached hydrogens (tertiary/aromatic N) is 2. The third kappa shape index (κ3) is 4.63. The minimum Gasteiger partial charge on any atom is -0.330 e. The number of rotatable bonds is 5. The van der Waals surface area contributed by atoms with E-state index >= 15 is 0 Å². The molecule has 0 bridgehead atoms. The van der Waals surface area contributed by atoms with Crippen LogP contribution in [-0.2, 0) is 16.1 Å². The van der Waals surface area contributed by atoms with E-state index in [1.54, 1.807) is 21.9 Å². The first-order valence-corrected chi connectivity index (χ1v) is 11.0. The molecule has 1 N–H and O–H groups in total. The lowest BCUT2D eigenvalue weighted by Crippen LogP contribution is -2.56. The second-order valence-corrected chi connectivity index (χ2v) is 8.61. The smallest absolute Gasteiger partial charge is 0.312 e. The average molecular weight is 420 g/mol. The van der Waals surface area contributed by atoms with Crippen LogP contribution in [-0.4, -0.2) is 46.7 Å². The van der Waals surface area contributed by atoms with Crippen LogP contribution in [0.2, 0.25) is 0 Å². The molecule has 4 rings (SSSR count). The van der Waals surface area contributed by atoms with Crippen LogP contribution in [0, 0.1) is 13.8 Å². The molecule has 1 heterocycles. The number of aryl methyl sites for hydroxylation is 2. The van der Waals surface area contributed by atoms with Gasteiger partial charge in [-0.25, -0.2) is 0 Å². The van der Waals surface area contributed by atoms with E-state index < -0.39 is 5.91 Å². The molecule has 6 nitrogen and oxygen atoms in total. The van der Waals surface area contributed by atoms with E-state index in [1.165, 1.54) is 5.56 Å². The van der Waals surface area contributed by atoms with Gasteiger partial charge in [-0.3, -0.25) is 14.4 Å². The number of hydrogen-bond donors (Lipinski definition) is 1. The SMILES string of the molecule is Cc1ccc(NC(=O)c2ccc(CN3CCN(C4CCCC4)C(=O)C3=O)cc2)cc1C. The Hall–Kier alpha value is -3.15. The van der Waals surface area contributed by atoms with Gasteiger partial charge in [0, 0.05) is 36.9 Å².